The molecular formula is C21H19N3O2. The molecule has 4 rings (SSSR count). The van der Waals surface area contributed by atoms with Gasteiger partial charge in [-0.15, -0.1) is 0 Å². The first-order valence-corrected chi connectivity index (χ1v) is 8.60. The Kier molecular flexibility index (Phi) is 3.92. The minimum atomic E-state index is -0.515. The van der Waals surface area contributed by atoms with Crippen molar-refractivity contribution in [2.24, 2.45) is 0 Å². The highest BCUT2D eigenvalue weighted by atomic mass is 16.2. The highest BCUT2D eigenvalue weighted by Crippen LogP contribution is 2.38. The van der Waals surface area contributed by atoms with Crippen molar-refractivity contribution in [3.63, 3.8) is 0 Å². The number of fused-ring (bicyclic) bond motifs is 1. The monoisotopic (exact) mass is 345 g/mol. The average Bonchev–Trinajstić information content (AvgIpc) is 2.98. The maximum absolute atomic E-state index is 13.1. The number of aryl methyl sites for hydroxylation is 2. The Labute approximate surface area is 151 Å². The van der Waals surface area contributed by atoms with Crippen molar-refractivity contribution in [2.45, 2.75) is 26.2 Å². The molecule has 5 nitrogen and oxygen atoms in total. The van der Waals surface area contributed by atoms with Gasteiger partial charge in [-0.25, -0.2) is 4.68 Å². The van der Waals surface area contributed by atoms with Gasteiger partial charge in [0, 0.05) is 17.5 Å². The number of hydrogen-bond acceptors (Lipinski definition) is 3. The van der Waals surface area contributed by atoms with Crippen LogP contribution in [0.3, 0.4) is 0 Å². The summed E-state index contributed by atoms with van der Waals surface area (Å²) in [6.45, 7) is 3.86. The van der Waals surface area contributed by atoms with Gasteiger partial charge < -0.3 is 5.32 Å². The number of carbonyl (C=O) groups is 2. The Morgan fingerprint density at radius 3 is 2.46 bits per heavy atom. The van der Waals surface area contributed by atoms with Crippen LogP contribution in [0.15, 0.2) is 54.6 Å². The second-order valence-corrected chi connectivity index (χ2v) is 6.63. The summed E-state index contributed by atoms with van der Waals surface area (Å²) in [7, 11) is 0. The van der Waals surface area contributed by atoms with Crippen LogP contribution in [0.1, 0.15) is 39.5 Å². The zero-order chi connectivity index (χ0) is 18.3. The van der Waals surface area contributed by atoms with Gasteiger partial charge in [-0.1, -0.05) is 48.0 Å². The summed E-state index contributed by atoms with van der Waals surface area (Å²) in [5, 5.41) is 7.49. The van der Waals surface area contributed by atoms with Crippen LogP contribution in [-0.4, -0.2) is 21.5 Å². The van der Waals surface area contributed by atoms with Crippen LogP contribution in [0.4, 0.5) is 5.82 Å². The molecule has 1 aliphatic heterocycles. The van der Waals surface area contributed by atoms with E-state index in [4.69, 9.17) is 0 Å². The summed E-state index contributed by atoms with van der Waals surface area (Å²) in [5.74, 6) is -0.133. The number of hydrogen-bond donors (Lipinski definition) is 1. The van der Waals surface area contributed by atoms with E-state index in [0.29, 0.717) is 11.4 Å². The van der Waals surface area contributed by atoms with Crippen molar-refractivity contribution >= 4 is 17.5 Å². The van der Waals surface area contributed by atoms with E-state index in [1.165, 1.54) is 0 Å². The Hall–Kier alpha value is -3.21. The molecule has 1 amide bonds. The van der Waals surface area contributed by atoms with E-state index in [-0.39, 0.29) is 18.1 Å². The van der Waals surface area contributed by atoms with E-state index in [1.807, 2.05) is 68.4 Å². The summed E-state index contributed by atoms with van der Waals surface area (Å²) in [6.07, 6.45) is 0.140. The van der Waals surface area contributed by atoms with Gasteiger partial charge in [-0.2, -0.15) is 5.10 Å². The first kappa shape index (κ1) is 16.3. The highest BCUT2D eigenvalue weighted by molar-refractivity contribution is 6.08. The third kappa shape index (κ3) is 2.71. The van der Waals surface area contributed by atoms with Crippen molar-refractivity contribution in [1.29, 1.82) is 0 Å². The van der Waals surface area contributed by atoms with Gasteiger partial charge in [0.05, 0.1) is 17.3 Å². The van der Waals surface area contributed by atoms with Gasteiger partial charge in [0.2, 0.25) is 5.91 Å². The summed E-state index contributed by atoms with van der Waals surface area (Å²) in [5.41, 5.74) is 4.12. The van der Waals surface area contributed by atoms with Crippen LogP contribution in [0.5, 0.6) is 0 Å². The summed E-state index contributed by atoms with van der Waals surface area (Å²) >= 11 is 0. The van der Waals surface area contributed by atoms with Crippen molar-refractivity contribution in [2.75, 3.05) is 5.32 Å². The molecule has 0 fully saturated rings. The molecule has 1 aliphatic rings. The zero-order valence-electron chi connectivity index (χ0n) is 14.7. The fraction of sp³-hybridized carbons (Fsp3) is 0.190. The fourth-order valence-corrected chi connectivity index (χ4v) is 3.45. The summed E-state index contributed by atoms with van der Waals surface area (Å²) in [6, 6.07) is 17.1. The highest BCUT2D eigenvalue weighted by Gasteiger charge is 2.36. The van der Waals surface area contributed by atoms with E-state index in [9.17, 15) is 9.59 Å². The average molecular weight is 345 g/mol. The molecule has 3 aromatic rings. The largest absolute Gasteiger partial charge is 0.310 e. The minimum absolute atomic E-state index is 0.0446. The van der Waals surface area contributed by atoms with Crippen molar-refractivity contribution in [1.82, 2.24) is 9.78 Å². The van der Waals surface area contributed by atoms with Crippen LogP contribution in [0.2, 0.25) is 0 Å². The number of para-hydroxylation sites is 1. The number of aromatic nitrogens is 2. The predicted octanol–water partition coefficient (Wildman–Crippen LogP) is 3.80. The molecule has 2 aromatic carbocycles. The molecule has 0 saturated carbocycles. The zero-order valence-corrected chi connectivity index (χ0v) is 14.7. The Bertz CT molecular complexity index is 988. The molecule has 1 unspecified atom stereocenters. The van der Waals surface area contributed by atoms with Gasteiger partial charge in [-0.3, -0.25) is 9.59 Å². The predicted molar refractivity (Wildman–Crippen MR) is 99.8 cm³/mol. The van der Waals surface area contributed by atoms with Crippen LogP contribution in [-0.2, 0) is 4.79 Å². The van der Waals surface area contributed by atoms with Crippen LogP contribution in [0.25, 0.3) is 5.69 Å². The van der Waals surface area contributed by atoms with Gasteiger partial charge in [0.15, 0.2) is 5.78 Å². The molecule has 130 valence electrons. The molecule has 0 spiro atoms. The van der Waals surface area contributed by atoms with Crippen LogP contribution < -0.4 is 5.32 Å². The number of ketones is 1. The SMILES string of the molecule is Cc1ccc(C(=O)C2CC(=O)Nc3c2c(C)nn3-c2ccccc2)cc1. The molecule has 1 N–H and O–H groups in total. The number of nitrogens with zero attached hydrogens (tertiary/aromatic N) is 2. The summed E-state index contributed by atoms with van der Waals surface area (Å²) in [4.78, 5) is 25.4. The van der Waals surface area contributed by atoms with E-state index in [0.717, 1.165) is 22.5 Å². The van der Waals surface area contributed by atoms with Gasteiger partial charge in [-0.05, 0) is 26.0 Å². The van der Waals surface area contributed by atoms with Crippen molar-refractivity contribution < 1.29 is 9.59 Å². The Balaban J connectivity index is 1.81. The lowest BCUT2D eigenvalue weighted by atomic mass is 9.85. The molecule has 1 atom stereocenters. The molecule has 0 radical (unpaired) electrons. The number of anilines is 1. The number of Topliss-reactive ketones (excluding diaryl/α,β-unsaturated/α-hetero) is 1. The van der Waals surface area contributed by atoms with Crippen molar-refractivity contribution in [3.05, 3.63) is 77.0 Å². The Morgan fingerprint density at radius 2 is 1.77 bits per heavy atom. The first-order chi connectivity index (χ1) is 12.5. The van der Waals surface area contributed by atoms with Gasteiger partial charge >= 0.3 is 0 Å². The molecule has 0 bridgehead atoms. The third-order valence-electron chi connectivity index (χ3n) is 4.76. The lowest BCUT2D eigenvalue weighted by Gasteiger charge is -2.23. The fourth-order valence-electron chi connectivity index (χ4n) is 3.45. The molecule has 5 heteroatoms. The van der Waals surface area contributed by atoms with Crippen LogP contribution in [0, 0.1) is 13.8 Å². The van der Waals surface area contributed by atoms with E-state index in [1.54, 1.807) is 4.68 Å². The lowest BCUT2D eigenvalue weighted by Crippen LogP contribution is -2.28. The normalized spacial score (nSPS) is 16.1. The van der Waals surface area contributed by atoms with Crippen molar-refractivity contribution in [3.8, 4) is 5.69 Å². The van der Waals surface area contributed by atoms with E-state index < -0.39 is 5.92 Å². The van der Waals surface area contributed by atoms with E-state index >= 15 is 0 Å². The quantitative estimate of drug-likeness (QED) is 0.735. The third-order valence-corrected chi connectivity index (χ3v) is 4.76. The smallest absolute Gasteiger partial charge is 0.226 e. The Morgan fingerprint density at radius 1 is 1.08 bits per heavy atom. The molecule has 2 heterocycles. The lowest BCUT2D eigenvalue weighted by molar-refractivity contribution is -0.116. The van der Waals surface area contributed by atoms with Gasteiger partial charge in [0.25, 0.3) is 0 Å². The number of benzene rings is 2. The number of carbonyl (C=O) groups excluding carboxylic acids is 2. The maximum atomic E-state index is 13.1. The van der Waals surface area contributed by atoms with E-state index in [2.05, 4.69) is 10.4 Å². The number of rotatable bonds is 3. The number of amides is 1. The standard InChI is InChI=1S/C21H19N3O2/c1-13-8-10-15(11-9-13)20(26)17-12-18(25)22-21-19(17)14(2)23-24(21)16-6-4-3-5-7-16/h3-11,17H,12H2,1-2H3,(H,22,25). The van der Waals surface area contributed by atoms with Crippen LogP contribution >= 0.6 is 0 Å². The molecule has 0 aliphatic carbocycles. The maximum Gasteiger partial charge on any atom is 0.226 e. The number of nitrogens with one attached hydrogen (secondary N) is 1. The first-order valence-electron chi connectivity index (χ1n) is 8.60. The topological polar surface area (TPSA) is 64.0 Å². The molecule has 1 aromatic heterocycles. The molecule has 0 saturated heterocycles. The molecular weight excluding hydrogens is 326 g/mol. The second-order valence-electron chi connectivity index (χ2n) is 6.63. The van der Waals surface area contributed by atoms with Gasteiger partial charge in [0.1, 0.15) is 5.82 Å². The minimum Gasteiger partial charge on any atom is -0.310 e. The molecule has 26 heavy (non-hydrogen) atoms. The summed E-state index contributed by atoms with van der Waals surface area (Å²) < 4.78 is 1.71. The second kappa shape index (κ2) is 6.26.